The summed E-state index contributed by atoms with van der Waals surface area (Å²) >= 11 is 3.33. The molecule has 244 valence electrons. The highest BCUT2D eigenvalue weighted by atomic mass is 79.9. The van der Waals surface area contributed by atoms with Crippen molar-refractivity contribution in [3.63, 3.8) is 0 Å². The lowest BCUT2D eigenvalue weighted by Crippen LogP contribution is -2.51. The van der Waals surface area contributed by atoms with Crippen molar-refractivity contribution >= 4 is 51.4 Å². The van der Waals surface area contributed by atoms with Gasteiger partial charge in [-0.05, 0) is 77.4 Å². The van der Waals surface area contributed by atoms with Gasteiger partial charge in [-0.25, -0.2) is 19.6 Å². The molecule has 0 aliphatic carbocycles. The highest BCUT2D eigenvalue weighted by molar-refractivity contribution is 9.10. The summed E-state index contributed by atoms with van der Waals surface area (Å²) < 4.78 is 6.40. The van der Waals surface area contributed by atoms with Crippen LogP contribution >= 0.6 is 15.9 Å². The highest BCUT2D eigenvalue weighted by Gasteiger charge is 2.35. The fourth-order valence-corrected chi connectivity index (χ4v) is 6.47. The summed E-state index contributed by atoms with van der Waals surface area (Å²) in [6.45, 7) is 2.50. The average Bonchev–Trinajstić information content (AvgIpc) is 3.24. The van der Waals surface area contributed by atoms with E-state index in [1.165, 1.54) is 6.07 Å². The quantitative estimate of drug-likeness (QED) is 0.360. The van der Waals surface area contributed by atoms with Crippen molar-refractivity contribution in [3.8, 4) is 5.75 Å². The van der Waals surface area contributed by atoms with Crippen molar-refractivity contribution in [2.45, 2.75) is 56.7 Å². The minimum Gasteiger partial charge on any atom is -0.507 e. The van der Waals surface area contributed by atoms with E-state index in [1.807, 2.05) is 29.2 Å². The number of nitrogens with zero attached hydrogens (tertiary/aromatic N) is 5. The number of fused-ring (bicyclic) bond motifs is 1. The predicted octanol–water partition coefficient (Wildman–Crippen LogP) is 3.64. The van der Waals surface area contributed by atoms with Gasteiger partial charge in [0, 0.05) is 50.9 Å². The number of aliphatic imine (C=N–C) groups is 2. The van der Waals surface area contributed by atoms with Crippen molar-refractivity contribution in [2.24, 2.45) is 9.98 Å². The lowest BCUT2D eigenvalue weighted by atomic mass is 10.0. The van der Waals surface area contributed by atoms with E-state index in [0.717, 1.165) is 23.2 Å². The highest BCUT2D eigenvalue weighted by Crippen LogP contribution is 2.27. The standard InChI is InChI=1S/C33H39BrN6O6/c34-27-21-23(5-6-29(27)42)22-30(31(43)38-15-8-25(9-16-38)36-13-12-35-14-20-41)46-33(45)39-17-10-26(11-18-39)40-19-7-24-3-1-2-4-28(24)37-32(40)44/h1-6,21,25-26,30,41-42H,7-11,14-20,22H2,(H,37,44)/t30-/m1/s1. The summed E-state index contributed by atoms with van der Waals surface area (Å²) in [6.07, 6.45) is 1.74. The second-order valence-corrected chi connectivity index (χ2v) is 12.5. The Morgan fingerprint density at radius 2 is 1.76 bits per heavy atom. The van der Waals surface area contributed by atoms with Gasteiger partial charge in [-0.2, -0.15) is 0 Å². The van der Waals surface area contributed by atoms with Crippen LogP contribution in [0.25, 0.3) is 0 Å². The molecule has 5 rings (SSSR count). The Morgan fingerprint density at radius 3 is 2.50 bits per heavy atom. The molecular weight excluding hydrogens is 656 g/mol. The molecule has 0 radical (unpaired) electrons. The second kappa shape index (κ2) is 15.9. The first-order chi connectivity index (χ1) is 22.3. The SMILES string of the molecule is O=C(O[C@H](Cc1ccc(O)c(Br)c1)C(=O)N1CCC(N=C=C=NCCO)CC1)N1CCC(N2CCc3ccccc3NC2=O)CC1. The van der Waals surface area contributed by atoms with Crippen molar-refractivity contribution in [3.05, 3.63) is 58.1 Å². The largest absolute Gasteiger partial charge is 0.507 e. The number of anilines is 1. The molecule has 12 nitrogen and oxygen atoms in total. The van der Waals surface area contributed by atoms with Crippen LogP contribution < -0.4 is 5.32 Å². The van der Waals surface area contributed by atoms with Crippen LogP contribution in [0.15, 0.2) is 56.9 Å². The summed E-state index contributed by atoms with van der Waals surface area (Å²) in [5.74, 6) is 5.02. The van der Waals surface area contributed by atoms with Crippen LogP contribution in [0.5, 0.6) is 5.75 Å². The lowest BCUT2D eigenvalue weighted by Gasteiger charge is -2.38. The van der Waals surface area contributed by atoms with Crippen LogP contribution in [0.3, 0.4) is 0 Å². The zero-order valence-electron chi connectivity index (χ0n) is 25.6. The van der Waals surface area contributed by atoms with E-state index < -0.39 is 12.2 Å². The topological polar surface area (TPSA) is 147 Å². The van der Waals surface area contributed by atoms with Crippen LogP contribution in [0, 0.1) is 0 Å². The minimum atomic E-state index is -1.05. The molecule has 3 heterocycles. The number of aliphatic hydroxyl groups is 1. The molecule has 3 aliphatic heterocycles. The number of aromatic hydroxyl groups is 1. The van der Waals surface area contributed by atoms with E-state index in [9.17, 15) is 19.5 Å². The maximum absolute atomic E-state index is 13.8. The van der Waals surface area contributed by atoms with Gasteiger partial charge in [0.25, 0.3) is 5.91 Å². The third-order valence-electron chi connectivity index (χ3n) is 8.62. The molecule has 2 saturated heterocycles. The number of phenolic OH excluding ortho intramolecular Hbond substituents is 1. The predicted molar refractivity (Wildman–Crippen MR) is 177 cm³/mol. The van der Waals surface area contributed by atoms with Crippen LogP contribution in [-0.2, 0) is 22.4 Å². The maximum atomic E-state index is 13.8. The zero-order valence-corrected chi connectivity index (χ0v) is 27.2. The summed E-state index contributed by atoms with van der Waals surface area (Å²) in [5, 5.41) is 21.8. The molecule has 46 heavy (non-hydrogen) atoms. The smallest absolute Gasteiger partial charge is 0.410 e. The van der Waals surface area contributed by atoms with Crippen LogP contribution in [-0.4, -0.2) is 119 Å². The molecule has 1 atom stereocenters. The number of phenols is 1. The van der Waals surface area contributed by atoms with Gasteiger partial charge in [-0.1, -0.05) is 24.3 Å². The molecule has 0 spiro atoms. The summed E-state index contributed by atoms with van der Waals surface area (Å²) in [7, 11) is 0. The Bertz CT molecular complexity index is 1510. The molecule has 2 fully saturated rings. The fraction of sp³-hybridized carbons (Fsp3) is 0.485. The van der Waals surface area contributed by atoms with E-state index in [4.69, 9.17) is 9.84 Å². The number of carbonyl (C=O) groups is 3. The molecule has 0 aromatic heterocycles. The molecule has 0 unspecified atom stereocenters. The van der Waals surface area contributed by atoms with E-state index in [2.05, 4.69) is 43.0 Å². The van der Waals surface area contributed by atoms with E-state index in [0.29, 0.717) is 62.9 Å². The third-order valence-corrected chi connectivity index (χ3v) is 9.26. The Kier molecular flexibility index (Phi) is 11.5. The van der Waals surface area contributed by atoms with E-state index in [1.54, 1.807) is 21.9 Å². The van der Waals surface area contributed by atoms with Crippen LogP contribution in [0.4, 0.5) is 15.3 Å². The summed E-state index contributed by atoms with van der Waals surface area (Å²) in [4.78, 5) is 53.5. The van der Waals surface area contributed by atoms with Gasteiger partial charge in [-0.15, -0.1) is 0 Å². The fourth-order valence-electron chi connectivity index (χ4n) is 6.05. The summed E-state index contributed by atoms with van der Waals surface area (Å²) in [5.41, 5.74) is 2.67. The molecule has 0 bridgehead atoms. The van der Waals surface area contributed by atoms with E-state index in [-0.39, 0.29) is 49.3 Å². The first-order valence-electron chi connectivity index (χ1n) is 15.7. The van der Waals surface area contributed by atoms with E-state index >= 15 is 0 Å². The number of halogens is 1. The third kappa shape index (κ3) is 8.55. The Labute approximate surface area is 276 Å². The van der Waals surface area contributed by atoms with Gasteiger partial charge >= 0.3 is 12.1 Å². The number of hydrogen-bond donors (Lipinski definition) is 3. The number of piperidine rings is 2. The van der Waals surface area contributed by atoms with Gasteiger partial charge < -0.3 is 35.0 Å². The maximum Gasteiger partial charge on any atom is 0.410 e. The first-order valence-corrected chi connectivity index (χ1v) is 16.5. The Morgan fingerprint density at radius 1 is 1.02 bits per heavy atom. The van der Waals surface area contributed by atoms with Crippen molar-refractivity contribution in [1.82, 2.24) is 14.7 Å². The number of urea groups is 1. The second-order valence-electron chi connectivity index (χ2n) is 11.6. The number of ether oxygens (including phenoxy) is 1. The molecule has 2 aromatic rings. The zero-order chi connectivity index (χ0) is 32.5. The number of carbonyl (C=O) groups excluding carboxylic acids is 3. The number of benzene rings is 2. The number of rotatable bonds is 8. The molecular formula is C33H39BrN6O6. The summed E-state index contributed by atoms with van der Waals surface area (Å²) in [6, 6.07) is 12.6. The van der Waals surface area contributed by atoms with Crippen molar-refractivity contribution in [2.75, 3.05) is 51.2 Å². The number of hydrogen-bond acceptors (Lipinski definition) is 8. The minimum absolute atomic E-state index is 0.00936. The number of amides is 4. The van der Waals surface area contributed by atoms with Crippen molar-refractivity contribution < 1.29 is 29.3 Å². The number of para-hydroxylation sites is 1. The monoisotopic (exact) mass is 694 g/mol. The lowest BCUT2D eigenvalue weighted by molar-refractivity contribution is -0.142. The number of likely N-dealkylation sites (tertiary alicyclic amines) is 2. The van der Waals surface area contributed by atoms with Gasteiger partial charge in [0.05, 0.1) is 35.4 Å². The molecule has 3 aliphatic rings. The van der Waals surface area contributed by atoms with Gasteiger partial charge in [0.1, 0.15) is 5.75 Å². The molecule has 0 saturated carbocycles. The molecule has 3 N–H and O–H groups in total. The van der Waals surface area contributed by atoms with Crippen LogP contribution in [0.1, 0.15) is 36.8 Å². The normalized spacial score (nSPS) is 18.0. The van der Waals surface area contributed by atoms with Gasteiger partial charge in [-0.3, -0.25) is 4.79 Å². The molecule has 2 aromatic carbocycles. The Balaban J connectivity index is 1.20. The first kappa shape index (κ1) is 33.2. The number of aliphatic hydroxyl groups excluding tert-OH is 1. The Hall–Kier alpha value is -4.15. The average molecular weight is 696 g/mol. The van der Waals surface area contributed by atoms with Crippen LogP contribution in [0.2, 0.25) is 0 Å². The number of nitrogens with one attached hydrogen (secondary N) is 1. The van der Waals surface area contributed by atoms with Gasteiger partial charge in [0.2, 0.25) is 0 Å². The van der Waals surface area contributed by atoms with Gasteiger partial charge in [0.15, 0.2) is 6.10 Å². The van der Waals surface area contributed by atoms with Crippen molar-refractivity contribution in [1.29, 1.82) is 0 Å². The molecule has 4 amide bonds. The molecule has 13 heteroatoms.